The molecule has 1 nitrogen and oxygen atoms in total. The van der Waals surface area contributed by atoms with Crippen LogP contribution in [0.2, 0.25) is 0 Å². The number of aromatic nitrogens is 1. The lowest BCUT2D eigenvalue weighted by Gasteiger charge is -2.00. The first-order valence-corrected chi connectivity index (χ1v) is 7.14. The fourth-order valence-electron chi connectivity index (χ4n) is 2.84. The summed E-state index contributed by atoms with van der Waals surface area (Å²) in [7, 11) is 0. The number of hydrogen-bond donors (Lipinski definition) is 0. The third-order valence-electron chi connectivity index (χ3n) is 3.83. The Hall–Kier alpha value is -2.80. The van der Waals surface area contributed by atoms with Gasteiger partial charge in [-0.15, -0.1) is 0 Å². The Bertz CT molecular complexity index is 877. The van der Waals surface area contributed by atoms with Gasteiger partial charge in [0.1, 0.15) is 0 Å². The highest BCUT2D eigenvalue weighted by Crippen LogP contribution is 2.29. The van der Waals surface area contributed by atoms with E-state index >= 15 is 0 Å². The van der Waals surface area contributed by atoms with E-state index in [1.807, 2.05) is 6.07 Å². The van der Waals surface area contributed by atoms with Crippen molar-refractivity contribution < 1.29 is 0 Å². The van der Waals surface area contributed by atoms with Gasteiger partial charge in [-0.1, -0.05) is 66.7 Å². The molecule has 0 atom stereocenters. The van der Waals surface area contributed by atoms with Gasteiger partial charge in [0, 0.05) is 17.0 Å². The maximum atomic E-state index is 2.26. The average Bonchev–Trinajstić information content (AvgIpc) is 2.88. The summed E-state index contributed by atoms with van der Waals surface area (Å²) in [6, 6.07) is 27.5. The molecule has 4 rings (SSSR count). The van der Waals surface area contributed by atoms with Gasteiger partial charge in [-0.25, -0.2) is 0 Å². The number of nitrogens with zero attached hydrogens (tertiary/aromatic N) is 1. The lowest BCUT2D eigenvalue weighted by Crippen LogP contribution is -1.84. The van der Waals surface area contributed by atoms with Crippen LogP contribution in [0.1, 0.15) is 5.56 Å². The number of benzene rings is 3. The van der Waals surface area contributed by atoms with Crippen molar-refractivity contribution in [3.63, 3.8) is 0 Å². The van der Waals surface area contributed by atoms with Crippen molar-refractivity contribution in [1.82, 2.24) is 4.57 Å². The largest absolute Gasteiger partial charge is 0.316 e. The normalized spacial score (nSPS) is 11.6. The van der Waals surface area contributed by atoms with Crippen LogP contribution in [-0.4, -0.2) is 4.57 Å². The van der Waals surface area contributed by atoms with E-state index in [9.17, 15) is 0 Å². The minimum Gasteiger partial charge on any atom is -0.316 e. The molecular formula is C20H15N. The second-order valence-electron chi connectivity index (χ2n) is 5.13. The van der Waals surface area contributed by atoms with Crippen molar-refractivity contribution in [3.05, 3.63) is 84.4 Å². The van der Waals surface area contributed by atoms with Gasteiger partial charge < -0.3 is 4.57 Å². The summed E-state index contributed by atoms with van der Waals surface area (Å²) in [5, 5.41) is 2.59. The first-order valence-electron chi connectivity index (χ1n) is 7.14. The first-order chi connectivity index (χ1) is 10.4. The predicted octanol–water partition coefficient (Wildman–Crippen LogP) is 5.42. The van der Waals surface area contributed by atoms with Crippen molar-refractivity contribution in [2.45, 2.75) is 0 Å². The van der Waals surface area contributed by atoms with E-state index in [0.29, 0.717) is 0 Å². The molecule has 21 heavy (non-hydrogen) atoms. The van der Waals surface area contributed by atoms with Crippen LogP contribution in [0.25, 0.3) is 34.1 Å². The van der Waals surface area contributed by atoms with Crippen LogP contribution in [0.5, 0.6) is 0 Å². The third kappa shape index (κ3) is 2.03. The fraction of sp³-hybridized carbons (Fsp3) is 0. The number of hydrogen-bond acceptors (Lipinski definition) is 0. The topological polar surface area (TPSA) is 4.93 Å². The van der Waals surface area contributed by atoms with Crippen molar-refractivity contribution in [3.8, 4) is 0 Å². The molecule has 0 saturated carbocycles. The van der Waals surface area contributed by atoms with Crippen molar-refractivity contribution in [2.24, 2.45) is 0 Å². The van der Waals surface area contributed by atoms with Crippen LogP contribution in [-0.2, 0) is 0 Å². The van der Waals surface area contributed by atoms with Crippen LogP contribution < -0.4 is 0 Å². The second kappa shape index (κ2) is 4.95. The van der Waals surface area contributed by atoms with Crippen LogP contribution in [0.3, 0.4) is 0 Å². The molecule has 0 bridgehead atoms. The third-order valence-corrected chi connectivity index (χ3v) is 3.83. The van der Waals surface area contributed by atoms with E-state index in [4.69, 9.17) is 0 Å². The number of rotatable bonds is 2. The first kappa shape index (κ1) is 12.0. The summed E-state index contributed by atoms with van der Waals surface area (Å²) in [5.41, 5.74) is 3.69. The second-order valence-corrected chi connectivity index (χ2v) is 5.13. The molecule has 0 aliphatic rings. The zero-order valence-electron chi connectivity index (χ0n) is 11.6. The van der Waals surface area contributed by atoms with Gasteiger partial charge in [0.15, 0.2) is 0 Å². The van der Waals surface area contributed by atoms with Crippen LogP contribution in [0.4, 0.5) is 0 Å². The molecule has 0 fully saturated rings. The minimum atomic E-state index is 1.21. The van der Waals surface area contributed by atoms with Crippen molar-refractivity contribution >= 4 is 34.1 Å². The van der Waals surface area contributed by atoms with Gasteiger partial charge in [-0.2, -0.15) is 0 Å². The molecule has 0 spiro atoms. The fourth-order valence-corrected chi connectivity index (χ4v) is 2.84. The molecule has 4 aromatic rings. The lowest BCUT2D eigenvalue weighted by molar-refractivity contribution is 1.30. The molecule has 0 saturated heterocycles. The van der Waals surface area contributed by atoms with E-state index in [-0.39, 0.29) is 0 Å². The molecule has 3 aromatic carbocycles. The van der Waals surface area contributed by atoms with Gasteiger partial charge in [0.2, 0.25) is 0 Å². The summed E-state index contributed by atoms with van der Waals surface area (Å²) in [6.07, 6.45) is 4.30. The van der Waals surface area contributed by atoms with Crippen LogP contribution >= 0.6 is 0 Å². The Morgan fingerprint density at radius 3 is 1.71 bits per heavy atom. The minimum absolute atomic E-state index is 1.21. The van der Waals surface area contributed by atoms with Gasteiger partial charge in [0.05, 0.1) is 11.0 Å². The Balaban J connectivity index is 1.96. The molecule has 0 unspecified atom stereocenters. The Morgan fingerprint density at radius 2 is 1.10 bits per heavy atom. The van der Waals surface area contributed by atoms with E-state index in [1.54, 1.807) is 0 Å². The highest BCUT2D eigenvalue weighted by molar-refractivity contribution is 6.09. The van der Waals surface area contributed by atoms with E-state index in [2.05, 4.69) is 89.6 Å². The zero-order chi connectivity index (χ0) is 14.1. The Morgan fingerprint density at radius 1 is 0.571 bits per heavy atom. The average molecular weight is 269 g/mol. The summed E-state index contributed by atoms with van der Waals surface area (Å²) in [6.45, 7) is 0. The molecule has 0 aliphatic carbocycles. The molecule has 100 valence electrons. The number of fused-ring (bicyclic) bond motifs is 3. The molecule has 0 N–H and O–H groups in total. The van der Waals surface area contributed by atoms with Crippen LogP contribution in [0, 0.1) is 0 Å². The van der Waals surface area contributed by atoms with E-state index in [0.717, 1.165) is 0 Å². The maximum absolute atomic E-state index is 2.26. The van der Waals surface area contributed by atoms with Gasteiger partial charge in [-0.3, -0.25) is 0 Å². The van der Waals surface area contributed by atoms with Crippen molar-refractivity contribution in [1.29, 1.82) is 0 Å². The highest BCUT2D eigenvalue weighted by Gasteiger charge is 2.06. The molecule has 0 aliphatic heterocycles. The maximum Gasteiger partial charge on any atom is 0.0534 e. The van der Waals surface area contributed by atoms with Gasteiger partial charge >= 0.3 is 0 Å². The molecule has 0 amide bonds. The smallest absolute Gasteiger partial charge is 0.0534 e. The molecular weight excluding hydrogens is 254 g/mol. The standard InChI is InChI=1S/C20H15N/c1-2-8-16(9-3-1)14-15-21-19-12-6-4-10-17(19)18-11-5-7-13-20(18)21/h1-15H. The molecule has 1 heterocycles. The van der Waals surface area contributed by atoms with Gasteiger partial charge in [0.25, 0.3) is 0 Å². The van der Waals surface area contributed by atoms with Crippen LogP contribution in [0.15, 0.2) is 78.9 Å². The predicted molar refractivity (Wildman–Crippen MR) is 91.1 cm³/mol. The van der Waals surface area contributed by atoms with E-state index < -0.39 is 0 Å². The monoisotopic (exact) mass is 269 g/mol. The molecule has 1 aromatic heterocycles. The quantitative estimate of drug-likeness (QED) is 0.457. The van der Waals surface area contributed by atoms with Gasteiger partial charge in [-0.05, 0) is 23.8 Å². The number of para-hydroxylation sites is 2. The Labute approximate surface area is 123 Å². The highest BCUT2D eigenvalue weighted by atomic mass is 14.9. The zero-order valence-corrected chi connectivity index (χ0v) is 11.6. The summed E-state index contributed by atoms with van der Waals surface area (Å²) in [4.78, 5) is 0. The summed E-state index contributed by atoms with van der Waals surface area (Å²) < 4.78 is 2.26. The molecule has 0 radical (unpaired) electrons. The van der Waals surface area contributed by atoms with E-state index in [1.165, 1.54) is 27.4 Å². The molecule has 1 heteroatoms. The Kier molecular flexibility index (Phi) is 2.82. The summed E-state index contributed by atoms with van der Waals surface area (Å²) in [5.74, 6) is 0. The SMILES string of the molecule is C(=Cn1c2ccccc2c2ccccc21)c1ccccc1. The summed E-state index contributed by atoms with van der Waals surface area (Å²) >= 11 is 0. The van der Waals surface area contributed by atoms with Crippen molar-refractivity contribution in [2.75, 3.05) is 0 Å². The lowest BCUT2D eigenvalue weighted by atomic mass is 10.2.